The van der Waals surface area contributed by atoms with E-state index in [-0.39, 0.29) is 40.1 Å². The Kier molecular flexibility index (Phi) is 6.13. The topological polar surface area (TPSA) is 131 Å². The zero-order chi connectivity index (χ0) is 24.8. The van der Waals surface area contributed by atoms with Gasteiger partial charge in [0, 0.05) is 10.6 Å². The zero-order valence-electron chi connectivity index (χ0n) is 18.7. The number of carbonyl (C=O) groups is 1. The number of halogens is 2. The number of anilines is 2. The minimum absolute atomic E-state index is 0.00203. The summed E-state index contributed by atoms with van der Waals surface area (Å²) in [6.45, 7) is 5.65. The minimum Gasteiger partial charge on any atom is -0.403 e. The number of nitrogens with one attached hydrogen (secondary N) is 1. The molecule has 0 spiro atoms. The summed E-state index contributed by atoms with van der Waals surface area (Å²) in [6, 6.07) is 7.54. The van der Waals surface area contributed by atoms with Crippen LogP contribution in [0.4, 0.5) is 16.1 Å². The number of carbonyl (C=O) groups excluding carboxylic acids is 1. The summed E-state index contributed by atoms with van der Waals surface area (Å²) in [5.74, 6) is -2.32. The van der Waals surface area contributed by atoms with E-state index in [9.17, 15) is 13.2 Å². The Morgan fingerprint density at radius 1 is 1.24 bits per heavy atom. The molecule has 0 unspecified atom stereocenters. The van der Waals surface area contributed by atoms with Gasteiger partial charge in [-0.05, 0) is 50.6 Å². The number of hydrogen-bond acceptors (Lipinski definition) is 8. The van der Waals surface area contributed by atoms with Crippen molar-refractivity contribution < 1.29 is 22.0 Å². The van der Waals surface area contributed by atoms with Crippen molar-refractivity contribution in [1.29, 1.82) is 0 Å². The highest BCUT2D eigenvalue weighted by atomic mass is 35.5. The molecule has 2 heterocycles. The molecule has 0 bridgehead atoms. The van der Waals surface area contributed by atoms with E-state index >= 15 is 4.39 Å². The average molecular weight is 508 g/mol. The summed E-state index contributed by atoms with van der Waals surface area (Å²) in [5, 5.41) is 11.2. The van der Waals surface area contributed by atoms with Crippen molar-refractivity contribution in [3.8, 4) is 11.5 Å². The summed E-state index contributed by atoms with van der Waals surface area (Å²) in [7, 11) is -4.06. The third-order valence-electron chi connectivity index (χ3n) is 5.05. The van der Waals surface area contributed by atoms with Gasteiger partial charge in [0.1, 0.15) is 5.82 Å². The predicted octanol–water partition coefficient (Wildman–Crippen LogP) is 3.39. The number of aromatic nitrogens is 2. The van der Waals surface area contributed by atoms with Gasteiger partial charge in [-0.15, -0.1) is 5.10 Å². The van der Waals surface area contributed by atoms with E-state index in [1.165, 1.54) is 11.0 Å². The smallest absolute Gasteiger partial charge is 0.316 e. The van der Waals surface area contributed by atoms with Crippen LogP contribution in [-0.4, -0.2) is 41.9 Å². The second-order valence-corrected chi connectivity index (χ2v) is 11.5. The molecule has 180 valence electrons. The lowest BCUT2D eigenvalue weighted by molar-refractivity contribution is -0.119. The lowest BCUT2D eigenvalue weighted by Crippen LogP contribution is -2.45. The van der Waals surface area contributed by atoms with Gasteiger partial charge in [-0.1, -0.05) is 28.8 Å². The maximum atomic E-state index is 15.1. The molecule has 0 fully saturated rings. The highest BCUT2D eigenvalue weighted by Gasteiger charge is 2.37. The van der Waals surface area contributed by atoms with E-state index < -0.39 is 33.4 Å². The largest absolute Gasteiger partial charge is 0.403 e. The molecule has 1 amide bonds. The van der Waals surface area contributed by atoms with E-state index in [2.05, 4.69) is 15.5 Å². The third-order valence-corrected chi connectivity index (χ3v) is 7.10. The number of hydrogen-bond donors (Lipinski definition) is 2. The number of nitrogens with zero attached hydrogens (tertiary/aromatic N) is 3. The van der Waals surface area contributed by atoms with Gasteiger partial charge in [0.15, 0.2) is 9.84 Å². The standard InChI is InChI=1S/C22H23ClFN5O4S/c1-22(2,3)26-21-28-27-19(33-21)14-8-17-18(9-15(14)24)34(31,32)11-16(25)20(30)29(17)10-12-4-6-13(23)7-5-12/h4-9,16H,10-11,25H2,1-3H3,(H,26,28)/t16-/m0/s1. The molecule has 0 radical (unpaired) electrons. The minimum atomic E-state index is -4.06. The van der Waals surface area contributed by atoms with Crippen LogP contribution in [0.15, 0.2) is 45.7 Å². The molecule has 0 saturated heterocycles. The lowest BCUT2D eigenvalue weighted by Gasteiger charge is -2.24. The van der Waals surface area contributed by atoms with Crippen molar-refractivity contribution in [3.05, 3.63) is 52.8 Å². The molecular weight excluding hydrogens is 485 g/mol. The Balaban J connectivity index is 1.85. The average Bonchev–Trinajstić information content (AvgIpc) is 3.16. The quantitative estimate of drug-likeness (QED) is 0.549. The normalized spacial score (nSPS) is 17.9. The van der Waals surface area contributed by atoms with Crippen LogP contribution in [0.25, 0.3) is 11.5 Å². The first-order valence-corrected chi connectivity index (χ1v) is 12.4. The molecule has 1 aliphatic rings. The monoisotopic (exact) mass is 507 g/mol. The van der Waals surface area contributed by atoms with Crippen molar-refractivity contribution >= 4 is 39.0 Å². The zero-order valence-corrected chi connectivity index (χ0v) is 20.2. The van der Waals surface area contributed by atoms with Crippen LogP contribution in [0.3, 0.4) is 0 Å². The number of fused-ring (bicyclic) bond motifs is 1. The van der Waals surface area contributed by atoms with Gasteiger partial charge in [0.2, 0.25) is 5.91 Å². The van der Waals surface area contributed by atoms with Crippen molar-refractivity contribution in [1.82, 2.24) is 10.2 Å². The van der Waals surface area contributed by atoms with E-state index in [0.29, 0.717) is 10.6 Å². The van der Waals surface area contributed by atoms with Gasteiger partial charge in [-0.25, -0.2) is 12.8 Å². The van der Waals surface area contributed by atoms with E-state index in [1.807, 2.05) is 20.8 Å². The van der Waals surface area contributed by atoms with E-state index in [4.69, 9.17) is 21.8 Å². The highest BCUT2D eigenvalue weighted by molar-refractivity contribution is 7.91. The molecule has 0 saturated carbocycles. The van der Waals surface area contributed by atoms with Gasteiger partial charge in [0.05, 0.1) is 34.5 Å². The first-order valence-electron chi connectivity index (χ1n) is 10.3. The molecule has 4 rings (SSSR count). The molecule has 1 aliphatic heterocycles. The summed E-state index contributed by atoms with van der Waals surface area (Å²) < 4.78 is 46.6. The van der Waals surface area contributed by atoms with Crippen molar-refractivity contribution in [2.24, 2.45) is 5.73 Å². The Labute approximate surface area is 201 Å². The summed E-state index contributed by atoms with van der Waals surface area (Å²) in [6.07, 6.45) is 0. The van der Waals surface area contributed by atoms with Crippen molar-refractivity contribution in [2.45, 2.75) is 43.8 Å². The lowest BCUT2D eigenvalue weighted by atomic mass is 10.1. The fourth-order valence-corrected chi connectivity index (χ4v) is 5.21. The number of sulfone groups is 1. The van der Waals surface area contributed by atoms with Gasteiger partial charge in [0.25, 0.3) is 5.89 Å². The van der Waals surface area contributed by atoms with Crippen LogP contribution >= 0.6 is 11.6 Å². The van der Waals surface area contributed by atoms with Crippen LogP contribution in [0.5, 0.6) is 0 Å². The molecule has 34 heavy (non-hydrogen) atoms. The Bertz CT molecular complexity index is 1350. The number of benzene rings is 2. The van der Waals surface area contributed by atoms with Crippen molar-refractivity contribution in [3.63, 3.8) is 0 Å². The first-order chi connectivity index (χ1) is 15.8. The van der Waals surface area contributed by atoms with Crippen LogP contribution in [0, 0.1) is 5.82 Å². The molecule has 1 atom stereocenters. The molecule has 1 aromatic heterocycles. The van der Waals surface area contributed by atoms with Crippen LogP contribution in [0.2, 0.25) is 5.02 Å². The molecule has 0 aliphatic carbocycles. The second-order valence-electron chi connectivity index (χ2n) is 9.03. The summed E-state index contributed by atoms with van der Waals surface area (Å²) in [5.41, 5.74) is 6.04. The molecule has 9 nitrogen and oxygen atoms in total. The highest BCUT2D eigenvalue weighted by Crippen LogP contribution is 2.37. The molecule has 2 aromatic carbocycles. The predicted molar refractivity (Wildman–Crippen MR) is 126 cm³/mol. The number of amides is 1. The maximum Gasteiger partial charge on any atom is 0.316 e. The second kappa shape index (κ2) is 8.64. The van der Waals surface area contributed by atoms with Crippen LogP contribution in [-0.2, 0) is 21.2 Å². The van der Waals surface area contributed by atoms with E-state index in [0.717, 1.165) is 6.07 Å². The van der Waals surface area contributed by atoms with Crippen LogP contribution in [0.1, 0.15) is 26.3 Å². The van der Waals surface area contributed by atoms with Gasteiger partial charge >= 0.3 is 6.01 Å². The number of rotatable bonds is 4. The fourth-order valence-electron chi connectivity index (χ4n) is 3.52. The Hall–Kier alpha value is -3.02. The molecule has 12 heteroatoms. The number of nitrogens with two attached hydrogens (primary N) is 1. The van der Waals surface area contributed by atoms with Crippen LogP contribution < -0.4 is 16.0 Å². The van der Waals surface area contributed by atoms with Gasteiger partial charge in [-0.3, -0.25) is 4.79 Å². The SMILES string of the molecule is CC(C)(C)Nc1nnc(-c2cc3c(cc2F)S(=O)(=O)C[C@H](N)C(=O)N3Cc2ccc(Cl)cc2)o1. The molecular formula is C22H23ClFN5O4S. The van der Waals surface area contributed by atoms with Crippen molar-refractivity contribution in [2.75, 3.05) is 16.0 Å². The maximum absolute atomic E-state index is 15.1. The van der Waals surface area contributed by atoms with Gasteiger partial charge < -0.3 is 20.4 Å². The summed E-state index contributed by atoms with van der Waals surface area (Å²) >= 11 is 5.95. The summed E-state index contributed by atoms with van der Waals surface area (Å²) in [4.78, 5) is 14.0. The Morgan fingerprint density at radius 2 is 1.91 bits per heavy atom. The molecule has 3 aromatic rings. The first kappa shape index (κ1) is 24.1. The molecule has 3 N–H and O–H groups in total. The fraction of sp³-hybridized carbons (Fsp3) is 0.318. The Morgan fingerprint density at radius 3 is 2.56 bits per heavy atom. The van der Waals surface area contributed by atoms with E-state index in [1.54, 1.807) is 24.3 Å². The van der Waals surface area contributed by atoms with Gasteiger partial charge in [-0.2, -0.15) is 0 Å². The third kappa shape index (κ3) is 4.91.